The summed E-state index contributed by atoms with van der Waals surface area (Å²) < 4.78 is 11.1. The normalized spacial score (nSPS) is 10.8. The summed E-state index contributed by atoms with van der Waals surface area (Å²) in [6.07, 6.45) is 0.533. The van der Waals surface area contributed by atoms with Crippen LogP contribution >= 0.6 is 23.2 Å². The summed E-state index contributed by atoms with van der Waals surface area (Å²) in [7, 11) is 0. The van der Waals surface area contributed by atoms with Crippen molar-refractivity contribution in [2.24, 2.45) is 0 Å². The molecule has 8 heteroatoms. The molecule has 0 radical (unpaired) electrons. The Hall–Kier alpha value is -2.57. The molecule has 0 aliphatic heterocycles. The van der Waals surface area contributed by atoms with Gasteiger partial charge in [0.1, 0.15) is 5.75 Å². The first-order valence-electron chi connectivity index (χ1n) is 8.65. The number of nitrogens with one attached hydrogen (secondary N) is 1. The molecule has 0 spiro atoms. The Labute approximate surface area is 172 Å². The number of carbonyl (C=O) groups excluding carboxylic acids is 1. The topological polar surface area (TPSA) is 77.2 Å². The van der Waals surface area contributed by atoms with E-state index in [0.29, 0.717) is 45.4 Å². The molecule has 146 valence electrons. The minimum Gasteiger partial charge on any atom is -0.455 e. The number of hydrogen-bond acceptors (Lipinski definition) is 5. The van der Waals surface area contributed by atoms with E-state index in [4.69, 9.17) is 32.5 Å². The lowest BCUT2D eigenvalue weighted by Crippen LogP contribution is -2.13. The van der Waals surface area contributed by atoms with Gasteiger partial charge < -0.3 is 14.6 Å². The zero-order valence-electron chi connectivity index (χ0n) is 15.7. The average Bonchev–Trinajstić information content (AvgIpc) is 3.03. The van der Waals surface area contributed by atoms with E-state index in [-0.39, 0.29) is 12.3 Å². The van der Waals surface area contributed by atoms with Gasteiger partial charge in [-0.1, -0.05) is 28.4 Å². The van der Waals surface area contributed by atoms with Crippen molar-refractivity contribution in [2.75, 3.05) is 5.32 Å². The molecule has 0 bridgehead atoms. The van der Waals surface area contributed by atoms with Gasteiger partial charge in [0.15, 0.2) is 11.6 Å². The predicted molar refractivity (Wildman–Crippen MR) is 108 cm³/mol. The maximum Gasteiger partial charge on any atom is 0.227 e. The van der Waals surface area contributed by atoms with Crippen LogP contribution in [0.5, 0.6) is 11.5 Å². The molecule has 0 aliphatic carbocycles. The number of benzene rings is 2. The van der Waals surface area contributed by atoms with Gasteiger partial charge >= 0.3 is 0 Å². The summed E-state index contributed by atoms with van der Waals surface area (Å²) in [6, 6.07) is 8.71. The number of aromatic nitrogens is 2. The molecule has 0 unspecified atom stereocenters. The first-order chi connectivity index (χ1) is 13.3. The maximum atomic E-state index is 12.4. The summed E-state index contributed by atoms with van der Waals surface area (Å²) in [5.41, 5.74) is 2.26. The van der Waals surface area contributed by atoms with Crippen LogP contribution in [0.15, 0.2) is 34.9 Å². The zero-order valence-corrected chi connectivity index (χ0v) is 17.2. The van der Waals surface area contributed by atoms with Crippen LogP contribution in [0, 0.1) is 20.8 Å². The van der Waals surface area contributed by atoms with Crippen molar-refractivity contribution >= 4 is 34.8 Å². The molecule has 3 rings (SSSR count). The number of anilines is 1. The Morgan fingerprint density at radius 3 is 2.46 bits per heavy atom. The number of hydrogen-bond donors (Lipinski definition) is 1. The highest BCUT2D eigenvalue weighted by Gasteiger charge is 2.14. The van der Waals surface area contributed by atoms with Gasteiger partial charge in [0.25, 0.3) is 0 Å². The Bertz CT molecular complexity index is 995. The van der Waals surface area contributed by atoms with Crippen LogP contribution < -0.4 is 10.1 Å². The highest BCUT2D eigenvalue weighted by Crippen LogP contribution is 2.36. The predicted octanol–water partition coefficient (Wildman–Crippen LogP) is 5.67. The molecule has 2 aromatic carbocycles. The van der Waals surface area contributed by atoms with Gasteiger partial charge in [-0.2, -0.15) is 4.98 Å². The molecule has 1 amide bonds. The van der Waals surface area contributed by atoms with Crippen LogP contribution in [-0.4, -0.2) is 16.0 Å². The second-order valence-electron chi connectivity index (χ2n) is 6.39. The third-order valence-electron chi connectivity index (χ3n) is 3.99. The van der Waals surface area contributed by atoms with Gasteiger partial charge in [-0.05, 0) is 62.2 Å². The minimum absolute atomic E-state index is 0.187. The van der Waals surface area contributed by atoms with Crippen molar-refractivity contribution in [3.8, 4) is 11.5 Å². The average molecular weight is 420 g/mol. The van der Waals surface area contributed by atoms with Crippen LogP contribution in [0.4, 0.5) is 5.69 Å². The summed E-state index contributed by atoms with van der Waals surface area (Å²) in [6.45, 7) is 5.55. The van der Waals surface area contributed by atoms with Crippen molar-refractivity contribution in [2.45, 2.75) is 33.6 Å². The Morgan fingerprint density at radius 2 is 1.82 bits per heavy atom. The standard InChI is InChI=1S/C20H19Cl2N3O3/c1-11-8-15(22)9-12(2)20(11)27-17-5-4-14(21)10-16(17)24-18(26)6-7-19-23-13(3)25-28-19/h4-5,8-10H,6-7H2,1-3H3,(H,24,26). The highest BCUT2D eigenvalue weighted by atomic mass is 35.5. The van der Waals surface area contributed by atoms with E-state index in [1.807, 2.05) is 26.0 Å². The largest absolute Gasteiger partial charge is 0.455 e. The van der Waals surface area contributed by atoms with E-state index in [0.717, 1.165) is 11.1 Å². The van der Waals surface area contributed by atoms with Crippen LogP contribution in [0.1, 0.15) is 29.3 Å². The van der Waals surface area contributed by atoms with Gasteiger partial charge in [-0.25, -0.2) is 0 Å². The fourth-order valence-electron chi connectivity index (χ4n) is 2.73. The maximum absolute atomic E-state index is 12.4. The van der Waals surface area contributed by atoms with Gasteiger partial charge in [-0.3, -0.25) is 4.79 Å². The Balaban J connectivity index is 1.76. The molecule has 28 heavy (non-hydrogen) atoms. The van der Waals surface area contributed by atoms with Crippen molar-refractivity contribution in [3.05, 3.63) is 63.2 Å². The van der Waals surface area contributed by atoms with Gasteiger partial charge in [0.2, 0.25) is 11.8 Å². The lowest BCUT2D eigenvalue weighted by Gasteiger charge is -2.16. The molecule has 1 heterocycles. The molecular formula is C20H19Cl2N3O3. The monoisotopic (exact) mass is 419 g/mol. The van der Waals surface area contributed by atoms with E-state index in [9.17, 15) is 4.79 Å². The molecule has 1 N–H and O–H groups in total. The van der Waals surface area contributed by atoms with E-state index >= 15 is 0 Å². The summed E-state index contributed by atoms with van der Waals surface area (Å²) in [5.74, 6) is 1.91. The van der Waals surface area contributed by atoms with E-state index in [1.54, 1.807) is 25.1 Å². The SMILES string of the molecule is Cc1noc(CCC(=O)Nc2cc(Cl)ccc2Oc2c(C)cc(Cl)cc2C)n1. The first-order valence-corrected chi connectivity index (χ1v) is 9.40. The molecule has 0 saturated carbocycles. The number of amides is 1. The molecule has 0 aliphatic rings. The van der Waals surface area contributed by atoms with Crippen LogP contribution in [-0.2, 0) is 11.2 Å². The van der Waals surface area contributed by atoms with Crippen molar-refractivity contribution in [1.82, 2.24) is 10.1 Å². The lowest BCUT2D eigenvalue weighted by molar-refractivity contribution is -0.116. The third-order valence-corrected chi connectivity index (χ3v) is 4.44. The van der Waals surface area contributed by atoms with E-state index < -0.39 is 0 Å². The highest BCUT2D eigenvalue weighted by molar-refractivity contribution is 6.31. The van der Waals surface area contributed by atoms with Gasteiger partial charge in [-0.15, -0.1) is 0 Å². The molecule has 0 saturated heterocycles. The molecular weight excluding hydrogens is 401 g/mol. The van der Waals surface area contributed by atoms with E-state index in [2.05, 4.69) is 15.5 Å². The van der Waals surface area contributed by atoms with Gasteiger partial charge in [0, 0.05) is 22.9 Å². The second-order valence-corrected chi connectivity index (χ2v) is 7.27. The number of ether oxygens (including phenoxy) is 1. The summed E-state index contributed by atoms with van der Waals surface area (Å²) in [5, 5.41) is 7.67. The van der Waals surface area contributed by atoms with Crippen molar-refractivity contribution in [3.63, 3.8) is 0 Å². The smallest absolute Gasteiger partial charge is 0.227 e. The number of rotatable bonds is 6. The molecule has 1 aromatic heterocycles. The number of halogens is 2. The van der Waals surface area contributed by atoms with Crippen LogP contribution in [0.2, 0.25) is 10.0 Å². The third kappa shape index (κ3) is 5.03. The Kier molecular flexibility index (Phi) is 6.21. The van der Waals surface area contributed by atoms with Crippen LogP contribution in [0.3, 0.4) is 0 Å². The fraction of sp³-hybridized carbons (Fsp3) is 0.250. The fourth-order valence-corrected chi connectivity index (χ4v) is 3.23. The minimum atomic E-state index is -0.215. The molecule has 3 aromatic rings. The zero-order chi connectivity index (χ0) is 20.3. The summed E-state index contributed by atoms with van der Waals surface area (Å²) >= 11 is 12.2. The number of carbonyl (C=O) groups is 1. The van der Waals surface area contributed by atoms with Crippen molar-refractivity contribution in [1.29, 1.82) is 0 Å². The molecule has 6 nitrogen and oxygen atoms in total. The number of nitrogens with zero attached hydrogens (tertiary/aromatic N) is 2. The summed E-state index contributed by atoms with van der Waals surface area (Å²) in [4.78, 5) is 16.5. The first kappa shape index (κ1) is 20.2. The lowest BCUT2D eigenvalue weighted by atomic mass is 10.1. The Morgan fingerprint density at radius 1 is 1.11 bits per heavy atom. The van der Waals surface area contributed by atoms with Gasteiger partial charge in [0.05, 0.1) is 5.69 Å². The quantitative estimate of drug-likeness (QED) is 0.556. The molecule has 0 atom stereocenters. The van der Waals surface area contributed by atoms with E-state index in [1.165, 1.54) is 0 Å². The number of aryl methyl sites for hydroxylation is 4. The molecule has 0 fully saturated rings. The van der Waals surface area contributed by atoms with Crippen molar-refractivity contribution < 1.29 is 14.1 Å². The van der Waals surface area contributed by atoms with Crippen LogP contribution in [0.25, 0.3) is 0 Å². The second kappa shape index (κ2) is 8.63.